The number of benzene rings is 3. The fraction of sp³-hybridized carbons (Fsp3) is 0.375. The highest BCUT2D eigenvalue weighted by Crippen LogP contribution is 2.22. The van der Waals surface area contributed by atoms with Gasteiger partial charge in [-0.15, -0.1) is 0 Å². The Morgan fingerprint density at radius 3 is 2.24 bits per heavy atom. The second-order valence-corrected chi connectivity index (χ2v) is 13.6. The summed E-state index contributed by atoms with van der Waals surface area (Å²) in [5.74, 6) is -0.152. The van der Waals surface area contributed by atoms with Crippen molar-refractivity contribution in [3.8, 4) is 0 Å². The number of hydrogen-bond acceptors (Lipinski definition) is 4. The van der Waals surface area contributed by atoms with Crippen LogP contribution in [0.1, 0.15) is 43.4 Å². The molecular weight excluding hydrogens is 602 g/mol. The van der Waals surface area contributed by atoms with Crippen LogP contribution in [-0.4, -0.2) is 50.5 Å². The Bertz CT molecular complexity index is 1410. The molecule has 0 aliphatic rings. The number of carbonyl (C=O) groups is 2. The lowest BCUT2D eigenvalue weighted by molar-refractivity contribution is -0.141. The molecule has 0 fully saturated rings. The molecule has 1 atom stereocenters. The Morgan fingerprint density at radius 2 is 1.61 bits per heavy atom. The first kappa shape index (κ1) is 32.3. The van der Waals surface area contributed by atoms with Gasteiger partial charge in [-0.1, -0.05) is 84.4 Å². The molecule has 41 heavy (non-hydrogen) atoms. The van der Waals surface area contributed by atoms with E-state index in [1.54, 1.807) is 11.0 Å². The summed E-state index contributed by atoms with van der Waals surface area (Å²) in [6, 6.07) is 23.9. The average molecular weight is 643 g/mol. The SMILES string of the molecule is Cc1cccc(N(CCCC(=O)N(Cc2cccc(Br)c2)[C@H](Cc2ccccc2)C(=O)NCC(C)C)S(C)(=O)=O)c1. The third-order valence-corrected chi connectivity index (χ3v) is 8.33. The van der Waals surface area contributed by atoms with Gasteiger partial charge in [0.05, 0.1) is 11.9 Å². The van der Waals surface area contributed by atoms with Crippen LogP contribution in [0.2, 0.25) is 0 Å². The minimum atomic E-state index is -3.55. The first-order chi connectivity index (χ1) is 19.4. The number of nitrogens with one attached hydrogen (secondary N) is 1. The Hall–Kier alpha value is -3.17. The highest BCUT2D eigenvalue weighted by atomic mass is 79.9. The van der Waals surface area contributed by atoms with E-state index in [1.165, 1.54) is 10.6 Å². The van der Waals surface area contributed by atoms with E-state index in [4.69, 9.17) is 0 Å². The molecule has 3 aromatic rings. The smallest absolute Gasteiger partial charge is 0.243 e. The van der Waals surface area contributed by atoms with Crippen LogP contribution in [0.4, 0.5) is 5.69 Å². The lowest BCUT2D eigenvalue weighted by Crippen LogP contribution is -2.51. The molecule has 0 bridgehead atoms. The van der Waals surface area contributed by atoms with Crippen molar-refractivity contribution in [1.29, 1.82) is 0 Å². The zero-order valence-corrected chi connectivity index (χ0v) is 26.6. The second kappa shape index (κ2) is 15.2. The fourth-order valence-corrected chi connectivity index (χ4v) is 6.00. The highest BCUT2D eigenvalue weighted by molar-refractivity contribution is 9.10. The van der Waals surface area contributed by atoms with Crippen molar-refractivity contribution in [2.45, 2.75) is 52.6 Å². The quantitative estimate of drug-likeness (QED) is 0.244. The van der Waals surface area contributed by atoms with E-state index < -0.39 is 16.1 Å². The highest BCUT2D eigenvalue weighted by Gasteiger charge is 2.30. The molecule has 3 rings (SSSR count). The molecule has 3 aromatic carbocycles. The molecule has 0 saturated heterocycles. The van der Waals surface area contributed by atoms with Crippen molar-refractivity contribution in [1.82, 2.24) is 10.2 Å². The van der Waals surface area contributed by atoms with Crippen LogP contribution in [-0.2, 0) is 32.6 Å². The van der Waals surface area contributed by atoms with E-state index in [2.05, 4.69) is 21.2 Å². The molecule has 7 nitrogen and oxygen atoms in total. The topological polar surface area (TPSA) is 86.8 Å². The zero-order valence-electron chi connectivity index (χ0n) is 24.2. The van der Waals surface area contributed by atoms with Crippen molar-refractivity contribution in [2.75, 3.05) is 23.7 Å². The van der Waals surface area contributed by atoms with Crippen LogP contribution in [0.25, 0.3) is 0 Å². The van der Waals surface area contributed by atoms with Crippen molar-refractivity contribution in [3.05, 3.63) is 100 Å². The van der Waals surface area contributed by atoms with Crippen molar-refractivity contribution < 1.29 is 18.0 Å². The van der Waals surface area contributed by atoms with Gasteiger partial charge in [-0.3, -0.25) is 13.9 Å². The maximum absolute atomic E-state index is 13.9. The Morgan fingerprint density at radius 1 is 0.927 bits per heavy atom. The first-order valence-electron chi connectivity index (χ1n) is 13.8. The number of anilines is 1. The summed E-state index contributed by atoms with van der Waals surface area (Å²) in [5, 5.41) is 3.03. The van der Waals surface area contributed by atoms with Gasteiger partial charge in [0.15, 0.2) is 0 Å². The van der Waals surface area contributed by atoms with E-state index in [9.17, 15) is 18.0 Å². The second-order valence-electron chi connectivity index (χ2n) is 10.8. The summed E-state index contributed by atoms with van der Waals surface area (Å²) in [4.78, 5) is 29.1. The summed E-state index contributed by atoms with van der Waals surface area (Å²) < 4.78 is 27.5. The number of hydrogen-bond donors (Lipinski definition) is 1. The summed E-state index contributed by atoms with van der Waals surface area (Å²) in [6.45, 7) is 6.87. The van der Waals surface area contributed by atoms with Gasteiger partial charge in [-0.25, -0.2) is 8.42 Å². The van der Waals surface area contributed by atoms with Gasteiger partial charge in [0.1, 0.15) is 6.04 Å². The monoisotopic (exact) mass is 641 g/mol. The van der Waals surface area contributed by atoms with Crippen LogP contribution < -0.4 is 9.62 Å². The van der Waals surface area contributed by atoms with Crippen molar-refractivity contribution in [2.24, 2.45) is 5.92 Å². The van der Waals surface area contributed by atoms with Crippen molar-refractivity contribution in [3.63, 3.8) is 0 Å². The number of aryl methyl sites for hydroxylation is 1. The van der Waals surface area contributed by atoms with E-state index in [0.29, 0.717) is 25.1 Å². The molecule has 0 aromatic heterocycles. The molecule has 0 aliphatic carbocycles. The third-order valence-electron chi connectivity index (χ3n) is 6.64. The number of nitrogens with zero attached hydrogens (tertiary/aromatic N) is 2. The van der Waals surface area contributed by atoms with Gasteiger partial charge >= 0.3 is 0 Å². The molecule has 9 heteroatoms. The van der Waals surface area contributed by atoms with Crippen LogP contribution in [0, 0.1) is 12.8 Å². The summed E-state index contributed by atoms with van der Waals surface area (Å²) in [5.41, 5.74) is 3.36. The summed E-state index contributed by atoms with van der Waals surface area (Å²) >= 11 is 3.51. The molecule has 0 spiro atoms. The Balaban J connectivity index is 1.88. The van der Waals surface area contributed by atoms with Gasteiger partial charge in [-0.05, 0) is 60.2 Å². The van der Waals surface area contributed by atoms with Gasteiger partial charge < -0.3 is 10.2 Å². The lowest BCUT2D eigenvalue weighted by atomic mass is 10.0. The maximum atomic E-state index is 13.9. The number of carbonyl (C=O) groups excluding carboxylic acids is 2. The molecule has 2 amide bonds. The molecule has 0 unspecified atom stereocenters. The van der Waals surface area contributed by atoms with E-state index in [1.807, 2.05) is 93.6 Å². The van der Waals surface area contributed by atoms with Gasteiger partial charge in [0, 0.05) is 36.9 Å². The largest absolute Gasteiger partial charge is 0.354 e. The van der Waals surface area contributed by atoms with Gasteiger partial charge in [-0.2, -0.15) is 0 Å². The first-order valence-corrected chi connectivity index (χ1v) is 16.5. The van der Waals surface area contributed by atoms with E-state index in [0.717, 1.165) is 21.2 Å². The summed E-state index contributed by atoms with van der Waals surface area (Å²) in [7, 11) is -3.55. The third kappa shape index (κ3) is 10.3. The minimum absolute atomic E-state index is 0.0919. The zero-order chi connectivity index (χ0) is 30.0. The van der Waals surface area contributed by atoms with E-state index in [-0.39, 0.29) is 37.2 Å². The standard InChI is InChI=1S/C32H40BrN3O4S/c1-24(2)22-34-32(38)30(21-26-12-6-5-7-13-26)35(23-27-14-9-15-28(33)20-27)31(37)17-10-18-36(41(4,39)40)29-16-8-11-25(3)19-29/h5-9,11-16,19-20,24,30H,10,17-18,21-23H2,1-4H3,(H,34,38)/t30-/m1/s1. The maximum Gasteiger partial charge on any atom is 0.243 e. The molecule has 0 heterocycles. The van der Waals surface area contributed by atoms with Crippen molar-refractivity contribution >= 4 is 43.5 Å². The molecule has 0 saturated carbocycles. The van der Waals surface area contributed by atoms with Crippen LogP contribution in [0.3, 0.4) is 0 Å². The molecule has 1 N–H and O–H groups in total. The molecular formula is C32H40BrN3O4S. The molecule has 220 valence electrons. The van der Waals surface area contributed by atoms with Crippen LogP contribution >= 0.6 is 15.9 Å². The number of rotatable bonds is 14. The number of amides is 2. The molecule has 0 aliphatic heterocycles. The van der Waals surface area contributed by atoms with Crippen LogP contribution in [0.5, 0.6) is 0 Å². The fourth-order valence-electron chi connectivity index (χ4n) is 4.60. The predicted molar refractivity (Wildman–Crippen MR) is 169 cm³/mol. The Labute approximate surface area is 253 Å². The summed E-state index contributed by atoms with van der Waals surface area (Å²) in [6.07, 6.45) is 1.93. The predicted octanol–water partition coefficient (Wildman–Crippen LogP) is 5.72. The molecule has 0 radical (unpaired) electrons. The normalized spacial score (nSPS) is 12.1. The van der Waals surface area contributed by atoms with E-state index >= 15 is 0 Å². The van der Waals surface area contributed by atoms with Gasteiger partial charge in [0.25, 0.3) is 0 Å². The number of sulfonamides is 1. The number of halogens is 1. The van der Waals surface area contributed by atoms with Gasteiger partial charge in [0.2, 0.25) is 21.8 Å². The lowest BCUT2D eigenvalue weighted by Gasteiger charge is -2.32. The average Bonchev–Trinajstić information content (AvgIpc) is 2.91. The minimum Gasteiger partial charge on any atom is -0.354 e. The Kier molecular flexibility index (Phi) is 12.0. The van der Waals surface area contributed by atoms with Crippen LogP contribution in [0.15, 0.2) is 83.3 Å².